The number of carbonyl (C=O) groups is 1. The number of anilines is 1. The molecule has 2 N–H and O–H groups in total. The maximum Gasteiger partial charge on any atom is 0.312 e. The smallest absolute Gasteiger partial charge is 0.312 e. The number of phenolic OH excluding ortho intramolecular Hbond substituents is 1. The molecule has 0 radical (unpaired) electrons. The summed E-state index contributed by atoms with van der Waals surface area (Å²) in [4.78, 5) is 22.5. The van der Waals surface area contributed by atoms with Gasteiger partial charge in [0.15, 0.2) is 12.4 Å². The highest BCUT2D eigenvalue weighted by molar-refractivity contribution is 7.71. The van der Waals surface area contributed by atoms with Gasteiger partial charge in [-0.1, -0.05) is 6.07 Å². The molecule has 4 rings (SSSR count). The summed E-state index contributed by atoms with van der Waals surface area (Å²) in [6.07, 6.45) is 4.52. The van der Waals surface area contributed by atoms with Crippen molar-refractivity contribution in [2.45, 2.75) is 38.8 Å². The van der Waals surface area contributed by atoms with Crippen molar-refractivity contribution in [3.05, 3.63) is 68.4 Å². The molecule has 10 nitrogen and oxygen atoms in total. The third-order valence-corrected chi connectivity index (χ3v) is 5.37. The highest BCUT2D eigenvalue weighted by atomic mass is 32.1. The number of fused-ring (bicyclic) bond motifs is 1. The van der Waals surface area contributed by atoms with Crippen LogP contribution in [-0.4, -0.2) is 25.7 Å². The van der Waals surface area contributed by atoms with E-state index in [2.05, 4.69) is 16.5 Å². The molecule has 0 saturated heterocycles. The summed E-state index contributed by atoms with van der Waals surface area (Å²) in [6, 6.07) is 9.57. The van der Waals surface area contributed by atoms with E-state index in [0.717, 1.165) is 25.0 Å². The third kappa shape index (κ3) is 4.94. The average Bonchev–Trinajstić information content (AvgIpc) is 3.12. The zero-order valence-electron chi connectivity index (χ0n) is 16.9. The van der Waals surface area contributed by atoms with Crippen molar-refractivity contribution < 1.29 is 24.0 Å². The number of nitro benzene ring substituents is 1. The van der Waals surface area contributed by atoms with E-state index in [1.54, 1.807) is 0 Å². The van der Waals surface area contributed by atoms with Crippen LogP contribution in [0.5, 0.6) is 11.5 Å². The largest absolute Gasteiger partial charge is 0.502 e. The second-order valence-corrected chi connectivity index (χ2v) is 7.70. The molecular weight excluding hydrogens is 436 g/mol. The molecule has 0 aliphatic heterocycles. The minimum atomic E-state index is -0.743. The first kappa shape index (κ1) is 21.5. The fourth-order valence-electron chi connectivity index (χ4n) is 3.54. The monoisotopic (exact) mass is 456 g/mol. The number of aryl methyl sites for hydroxylation is 2. The lowest BCUT2D eigenvalue weighted by Crippen LogP contribution is -2.19. The van der Waals surface area contributed by atoms with Crippen LogP contribution in [-0.2, 0) is 30.8 Å². The number of hydrogen-bond acceptors (Lipinski definition) is 8. The molecule has 2 aromatic carbocycles. The minimum absolute atomic E-state index is 0.000813. The number of ether oxygens (including phenoxy) is 1. The van der Waals surface area contributed by atoms with Crippen LogP contribution in [0, 0.1) is 15.0 Å². The normalized spacial score (nSPS) is 12.8. The maximum atomic E-state index is 12.3. The van der Waals surface area contributed by atoms with E-state index >= 15 is 0 Å². The van der Waals surface area contributed by atoms with Crippen molar-refractivity contribution in [1.82, 2.24) is 9.78 Å². The van der Waals surface area contributed by atoms with Crippen LogP contribution in [0.4, 0.5) is 11.4 Å². The van der Waals surface area contributed by atoms with Gasteiger partial charge in [0.2, 0.25) is 5.91 Å². The summed E-state index contributed by atoms with van der Waals surface area (Å²) < 4.78 is 12.4. The van der Waals surface area contributed by atoms with Crippen molar-refractivity contribution in [1.29, 1.82) is 0 Å². The lowest BCUT2D eigenvalue weighted by molar-refractivity contribution is -0.385. The molecule has 166 valence electrons. The molecule has 0 unspecified atom stereocenters. The van der Waals surface area contributed by atoms with E-state index in [9.17, 15) is 20.0 Å². The summed E-state index contributed by atoms with van der Waals surface area (Å²) in [5.41, 5.74) is 2.30. The Balaban J connectivity index is 1.37. The Morgan fingerprint density at radius 1 is 1.25 bits per heavy atom. The van der Waals surface area contributed by atoms with Crippen molar-refractivity contribution in [3.63, 3.8) is 0 Å². The second-order valence-electron chi connectivity index (χ2n) is 7.35. The van der Waals surface area contributed by atoms with Crippen molar-refractivity contribution >= 4 is 29.5 Å². The highest BCUT2D eigenvalue weighted by Gasteiger charge is 2.16. The Morgan fingerprint density at radius 3 is 2.81 bits per heavy atom. The van der Waals surface area contributed by atoms with Gasteiger partial charge in [0.25, 0.3) is 10.7 Å². The number of aromatic nitrogens is 2. The first-order chi connectivity index (χ1) is 15.4. The van der Waals surface area contributed by atoms with Crippen LogP contribution in [0.25, 0.3) is 0 Å². The number of aromatic hydroxyl groups is 1. The minimum Gasteiger partial charge on any atom is -0.502 e. The quantitative estimate of drug-likeness (QED) is 0.237. The molecule has 3 aromatic rings. The SMILES string of the molecule is O=C(Cn1nc(COc2ccc3c(c2)CCCC3)oc1=S)Nc1ccc(O)c([N+](=O)[O-])c1. The van der Waals surface area contributed by atoms with E-state index in [1.165, 1.54) is 34.7 Å². The van der Waals surface area contributed by atoms with Crippen LogP contribution < -0.4 is 10.1 Å². The molecule has 0 atom stereocenters. The zero-order valence-corrected chi connectivity index (χ0v) is 17.8. The van der Waals surface area contributed by atoms with Gasteiger partial charge in [0.05, 0.1) is 4.92 Å². The zero-order chi connectivity index (χ0) is 22.7. The molecule has 0 saturated carbocycles. The molecular formula is C21H20N4O6S. The van der Waals surface area contributed by atoms with Crippen LogP contribution in [0.2, 0.25) is 0 Å². The molecule has 1 aliphatic rings. The molecule has 0 spiro atoms. The predicted molar refractivity (Wildman–Crippen MR) is 116 cm³/mol. The first-order valence-electron chi connectivity index (χ1n) is 9.98. The summed E-state index contributed by atoms with van der Waals surface area (Å²) in [5.74, 6) is -0.0689. The summed E-state index contributed by atoms with van der Waals surface area (Å²) in [5, 5.41) is 27.1. The number of phenols is 1. The Hall–Kier alpha value is -3.73. The van der Waals surface area contributed by atoms with E-state index < -0.39 is 22.3 Å². The fourth-order valence-corrected chi connectivity index (χ4v) is 3.74. The van der Waals surface area contributed by atoms with Crippen LogP contribution in [0.15, 0.2) is 40.8 Å². The van der Waals surface area contributed by atoms with Gasteiger partial charge < -0.3 is 19.6 Å². The third-order valence-electron chi connectivity index (χ3n) is 5.08. The van der Waals surface area contributed by atoms with Gasteiger partial charge in [0, 0.05) is 11.8 Å². The van der Waals surface area contributed by atoms with E-state index in [1.807, 2.05) is 12.1 Å². The number of nitrogens with zero attached hydrogens (tertiary/aromatic N) is 3. The number of nitrogens with one attached hydrogen (secondary N) is 1. The van der Waals surface area contributed by atoms with Crippen LogP contribution >= 0.6 is 12.2 Å². The number of nitro groups is 1. The molecule has 1 amide bonds. The fraction of sp³-hybridized carbons (Fsp3) is 0.286. The number of carbonyl (C=O) groups excluding carboxylic acids is 1. The molecule has 0 bridgehead atoms. The van der Waals surface area contributed by atoms with Gasteiger partial charge in [-0.2, -0.15) is 0 Å². The molecule has 1 aromatic heterocycles. The van der Waals surface area contributed by atoms with Gasteiger partial charge in [-0.3, -0.25) is 14.9 Å². The van der Waals surface area contributed by atoms with Crippen molar-refractivity contribution in [2.75, 3.05) is 5.32 Å². The molecule has 11 heteroatoms. The van der Waals surface area contributed by atoms with Gasteiger partial charge >= 0.3 is 5.69 Å². The summed E-state index contributed by atoms with van der Waals surface area (Å²) in [7, 11) is 0. The Kier molecular flexibility index (Phi) is 6.17. The van der Waals surface area contributed by atoms with Gasteiger partial charge in [0.1, 0.15) is 12.3 Å². The lowest BCUT2D eigenvalue weighted by atomic mass is 9.92. The lowest BCUT2D eigenvalue weighted by Gasteiger charge is -2.16. The van der Waals surface area contributed by atoms with Gasteiger partial charge in [-0.05, 0) is 73.3 Å². The van der Waals surface area contributed by atoms with E-state index in [4.69, 9.17) is 21.4 Å². The number of hydrogen-bond donors (Lipinski definition) is 2. The predicted octanol–water partition coefficient (Wildman–Crippen LogP) is 3.92. The maximum absolute atomic E-state index is 12.3. The topological polar surface area (TPSA) is 133 Å². The summed E-state index contributed by atoms with van der Waals surface area (Å²) >= 11 is 5.11. The Morgan fingerprint density at radius 2 is 2.03 bits per heavy atom. The molecule has 0 fully saturated rings. The van der Waals surface area contributed by atoms with E-state index in [0.29, 0.717) is 5.75 Å². The second kappa shape index (κ2) is 9.18. The average molecular weight is 456 g/mol. The molecule has 32 heavy (non-hydrogen) atoms. The molecule has 1 heterocycles. The van der Waals surface area contributed by atoms with Gasteiger partial charge in [-0.15, -0.1) is 5.10 Å². The van der Waals surface area contributed by atoms with Crippen molar-refractivity contribution in [2.24, 2.45) is 0 Å². The summed E-state index contributed by atoms with van der Waals surface area (Å²) in [6.45, 7) is -0.197. The number of benzene rings is 2. The number of amides is 1. The van der Waals surface area contributed by atoms with Crippen molar-refractivity contribution in [3.8, 4) is 11.5 Å². The number of rotatable bonds is 7. The first-order valence-corrected chi connectivity index (χ1v) is 10.4. The Labute approximate surface area is 187 Å². The van der Waals surface area contributed by atoms with Crippen LogP contribution in [0.3, 0.4) is 0 Å². The van der Waals surface area contributed by atoms with E-state index in [-0.39, 0.29) is 29.6 Å². The molecule has 1 aliphatic carbocycles. The Bertz CT molecular complexity index is 1240. The van der Waals surface area contributed by atoms with Crippen LogP contribution in [0.1, 0.15) is 29.9 Å². The highest BCUT2D eigenvalue weighted by Crippen LogP contribution is 2.28. The van der Waals surface area contributed by atoms with Gasteiger partial charge in [-0.25, -0.2) is 4.68 Å². The standard InChI is InChI=1S/C21H20N4O6S/c26-18-8-6-15(10-17(18)25(28)29)22-19(27)11-24-21(32)31-20(23-24)12-30-16-7-5-13-3-1-2-4-14(13)9-16/h5-10,26H,1-4,11-12H2,(H,22,27).